The van der Waals surface area contributed by atoms with Gasteiger partial charge in [-0.25, -0.2) is 9.37 Å². The molecular formula is C20H18FN3O4. The molecule has 1 aromatic carbocycles. The Morgan fingerprint density at radius 3 is 2.82 bits per heavy atom. The number of ether oxygens (including phenoxy) is 1. The van der Waals surface area contributed by atoms with E-state index >= 15 is 0 Å². The second-order valence-electron chi connectivity index (χ2n) is 5.82. The molecule has 0 radical (unpaired) electrons. The molecule has 0 fully saturated rings. The van der Waals surface area contributed by atoms with E-state index in [4.69, 9.17) is 9.15 Å². The lowest BCUT2D eigenvalue weighted by molar-refractivity contribution is -0.121. The number of rotatable bonds is 8. The van der Waals surface area contributed by atoms with E-state index in [2.05, 4.69) is 15.6 Å². The number of nitrogens with one attached hydrogen (secondary N) is 2. The van der Waals surface area contributed by atoms with Gasteiger partial charge in [-0.3, -0.25) is 9.59 Å². The smallest absolute Gasteiger partial charge is 0.254 e. The monoisotopic (exact) mass is 383 g/mol. The molecule has 0 aliphatic heterocycles. The van der Waals surface area contributed by atoms with Crippen LogP contribution in [-0.4, -0.2) is 23.3 Å². The molecule has 0 unspecified atom stereocenters. The Labute approximate surface area is 160 Å². The van der Waals surface area contributed by atoms with E-state index in [1.54, 1.807) is 24.4 Å². The van der Waals surface area contributed by atoms with Gasteiger partial charge in [0.2, 0.25) is 11.8 Å². The van der Waals surface area contributed by atoms with E-state index in [-0.39, 0.29) is 37.2 Å². The lowest BCUT2D eigenvalue weighted by Crippen LogP contribution is -2.30. The summed E-state index contributed by atoms with van der Waals surface area (Å²) in [5, 5.41) is 5.37. The van der Waals surface area contributed by atoms with E-state index in [1.165, 1.54) is 36.8 Å². The number of amides is 2. The van der Waals surface area contributed by atoms with Crippen LogP contribution in [0.15, 0.2) is 65.6 Å². The molecule has 2 heterocycles. The minimum atomic E-state index is -0.416. The molecule has 7 nitrogen and oxygen atoms in total. The van der Waals surface area contributed by atoms with Crippen molar-refractivity contribution < 1.29 is 23.1 Å². The molecule has 0 bridgehead atoms. The van der Waals surface area contributed by atoms with Crippen molar-refractivity contribution in [1.29, 1.82) is 0 Å². The van der Waals surface area contributed by atoms with E-state index in [9.17, 15) is 14.0 Å². The molecule has 0 saturated heterocycles. The molecule has 3 rings (SSSR count). The predicted molar refractivity (Wildman–Crippen MR) is 98.2 cm³/mol. The van der Waals surface area contributed by atoms with E-state index < -0.39 is 5.82 Å². The van der Waals surface area contributed by atoms with E-state index in [0.29, 0.717) is 16.9 Å². The highest BCUT2D eigenvalue weighted by Gasteiger charge is 2.10. The highest BCUT2D eigenvalue weighted by Crippen LogP contribution is 2.23. The first-order chi connectivity index (χ1) is 13.6. The molecule has 0 spiro atoms. The van der Waals surface area contributed by atoms with E-state index in [0.717, 1.165) is 0 Å². The first kappa shape index (κ1) is 19.1. The number of nitrogens with zero attached hydrogens (tertiary/aromatic N) is 1. The summed E-state index contributed by atoms with van der Waals surface area (Å²) in [4.78, 5) is 27.9. The number of carbonyl (C=O) groups excluding carboxylic acids is 2. The summed E-state index contributed by atoms with van der Waals surface area (Å²) >= 11 is 0. The van der Waals surface area contributed by atoms with Gasteiger partial charge in [-0.15, -0.1) is 0 Å². The van der Waals surface area contributed by atoms with Gasteiger partial charge in [-0.1, -0.05) is 12.1 Å². The maximum Gasteiger partial charge on any atom is 0.254 e. The van der Waals surface area contributed by atoms with Crippen LogP contribution < -0.4 is 15.4 Å². The van der Waals surface area contributed by atoms with Crippen LogP contribution in [-0.2, 0) is 11.3 Å². The number of pyridine rings is 1. The normalized spacial score (nSPS) is 10.3. The van der Waals surface area contributed by atoms with Gasteiger partial charge >= 0.3 is 0 Å². The Bertz CT molecular complexity index is 944. The average molecular weight is 383 g/mol. The van der Waals surface area contributed by atoms with Gasteiger partial charge < -0.3 is 19.8 Å². The molecule has 144 valence electrons. The molecular weight excluding hydrogens is 365 g/mol. The van der Waals surface area contributed by atoms with Crippen LogP contribution in [0, 0.1) is 5.82 Å². The van der Waals surface area contributed by atoms with Gasteiger partial charge in [0.15, 0.2) is 0 Å². The molecule has 2 amide bonds. The van der Waals surface area contributed by atoms with Gasteiger partial charge in [-0.2, -0.15) is 0 Å². The second kappa shape index (κ2) is 9.31. The maximum absolute atomic E-state index is 13.3. The van der Waals surface area contributed by atoms with Crippen molar-refractivity contribution in [3.8, 4) is 11.6 Å². The fourth-order valence-electron chi connectivity index (χ4n) is 2.36. The third-order valence-corrected chi connectivity index (χ3v) is 3.76. The third kappa shape index (κ3) is 5.41. The Morgan fingerprint density at radius 1 is 1.14 bits per heavy atom. The zero-order valence-electron chi connectivity index (χ0n) is 14.9. The van der Waals surface area contributed by atoms with Crippen LogP contribution in [0.4, 0.5) is 4.39 Å². The molecule has 0 aliphatic carbocycles. The van der Waals surface area contributed by atoms with Crippen molar-refractivity contribution in [2.45, 2.75) is 13.0 Å². The number of halogens is 1. The standard InChI is InChI=1S/C20H18FN3O4/c21-16-4-1-5-17(11-16)28-20-14(3-2-8-23-20)12-24-18(25)6-9-22-19(26)15-7-10-27-13-15/h1-5,7-8,10-11,13H,6,9,12H2,(H,22,26)(H,24,25). The van der Waals surface area contributed by atoms with Gasteiger partial charge in [0.1, 0.15) is 17.8 Å². The van der Waals surface area contributed by atoms with E-state index in [1.807, 2.05) is 0 Å². The first-order valence-corrected chi connectivity index (χ1v) is 8.56. The topological polar surface area (TPSA) is 93.5 Å². The maximum atomic E-state index is 13.3. The third-order valence-electron chi connectivity index (χ3n) is 3.76. The highest BCUT2D eigenvalue weighted by molar-refractivity contribution is 5.94. The Morgan fingerprint density at radius 2 is 2.04 bits per heavy atom. The summed E-state index contributed by atoms with van der Waals surface area (Å²) in [6.07, 6.45) is 4.40. The van der Waals surface area contributed by atoms with Crippen molar-refractivity contribution in [2.24, 2.45) is 0 Å². The number of aromatic nitrogens is 1. The summed E-state index contributed by atoms with van der Waals surface area (Å²) in [5.74, 6) is -0.372. The molecule has 0 atom stereocenters. The molecule has 8 heteroatoms. The molecule has 0 aliphatic rings. The van der Waals surface area contributed by atoms with Crippen LogP contribution in [0.2, 0.25) is 0 Å². The van der Waals surface area contributed by atoms with Crippen molar-refractivity contribution in [2.75, 3.05) is 6.54 Å². The van der Waals surface area contributed by atoms with Gasteiger partial charge in [0, 0.05) is 37.3 Å². The summed E-state index contributed by atoms with van der Waals surface area (Å²) in [6.45, 7) is 0.378. The lowest BCUT2D eigenvalue weighted by Gasteiger charge is -2.11. The molecule has 0 saturated carbocycles. The summed E-state index contributed by atoms with van der Waals surface area (Å²) in [7, 11) is 0. The van der Waals surface area contributed by atoms with Crippen molar-refractivity contribution in [1.82, 2.24) is 15.6 Å². The zero-order chi connectivity index (χ0) is 19.8. The number of carbonyl (C=O) groups is 2. The lowest BCUT2D eigenvalue weighted by atomic mass is 10.2. The Kier molecular flexibility index (Phi) is 6.35. The molecule has 3 aromatic rings. The summed E-state index contributed by atoms with van der Waals surface area (Å²) < 4.78 is 23.7. The van der Waals surface area contributed by atoms with Crippen molar-refractivity contribution in [3.63, 3.8) is 0 Å². The predicted octanol–water partition coefficient (Wildman–Crippen LogP) is 3.04. The molecule has 2 N–H and O–H groups in total. The minimum absolute atomic E-state index is 0.115. The van der Waals surface area contributed by atoms with Gasteiger partial charge in [0.05, 0.1) is 11.8 Å². The largest absolute Gasteiger partial charge is 0.472 e. The Balaban J connectivity index is 1.49. The van der Waals surface area contributed by atoms with Crippen LogP contribution >= 0.6 is 0 Å². The zero-order valence-corrected chi connectivity index (χ0v) is 14.9. The average Bonchev–Trinajstić information content (AvgIpc) is 3.22. The van der Waals surface area contributed by atoms with Crippen LogP contribution in [0.5, 0.6) is 11.6 Å². The SMILES string of the molecule is O=C(CCNC(=O)c1ccoc1)NCc1cccnc1Oc1cccc(F)c1. The number of hydrogen-bond donors (Lipinski definition) is 2. The van der Waals surface area contributed by atoms with Gasteiger partial charge in [-0.05, 0) is 24.3 Å². The summed E-state index contributed by atoms with van der Waals surface area (Å²) in [5.41, 5.74) is 1.04. The first-order valence-electron chi connectivity index (χ1n) is 8.56. The molecule has 28 heavy (non-hydrogen) atoms. The van der Waals surface area contributed by atoms with Crippen LogP contribution in [0.3, 0.4) is 0 Å². The fourth-order valence-corrected chi connectivity index (χ4v) is 2.36. The second-order valence-corrected chi connectivity index (χ2v) is 5.82. The van der Waals surface area contributed by atoms with Gasteiger partial charge in [0.25, 0.3) is 5.91 Å². The number of furan rings is 1. The van der Waals surface area contributed by atoms with Crippen LogP contribution in [0.1, 0.15) is 22.3 Å². The van der Waals surface area contributed by atoms with Crippen molar-refractivity contribution in [3.05, 3.63) is 78.1 Å². The Hall–Kier alpha value is -3.68. The van der Waals surface area contributed by atoms with Crippen molar-refractivity contribution >= 4 is 11.8 Å². The highest BCUT2D eigenvalue weighted by atomic mass is 19.1. The number of hydrogen-bond acceptors (Lipinski definition) is 5. The number of benzene rings is 1. The quantitative estimate of drug-likeness (QED) is 0.624. The molecule has 2 aromatic heterocycles. The fraction of sp³-hybridized carbons (Fsp3) is 0.150. The summed E-state index contributed by atoms with van der Waals surface area (Å²) in [6, 6.07) is 10.7. The minimum Gasteiger partial charge on any atom is -0.472 e. The van der Waals surface area contributed by atoms with Crippen LogP contribution in [0.25, 0.3) is 0 Å².